The summed E-state index contributed by atoms with van der Waals surface area (Å²) in [6.07, 6.45) is 0. The summed E-state index contributed by atoms with van der Waals surface area (Å²) in [5.41, 5.74) is 5.17. The van der Waals surface area contributed by atoms with E-state index in [1.807, 2.05) is 26.0 Å². The van der Waals surface area contributed by atoms with E-state index in [-0.39, 0.29) is 5.69 Å². The second-order valence-electron chi connectivity index (χ2n) is 7.18. The molecule has 0 saturated carbocycles. The number of hydrogen-bond acceptors (Lipinski definition) is 7. The Morgan fingerprint density at radius 1 is 0.966 bits per heavy atom. The van der Waals surface area contributed by atoms with Gasteiger partial charge in [0.05, 0.1) is 16.0 Å². The zero-order chi connectivity index (χ0) is 20.5. The van der Waals surface area contributed by atoms with Gasteiger partial charge in [-0.25, -0.2) is 9.97 Å². The van der Waals surface area contributed by atoms with Crippen LogP contribution in [0.3, 0.4) is 0 Å². The number of nitrogens with zero attached hydrogens (tertiary/aromatic N) is 6. The van der Waals surface area contributed by atoms with Crippen molar-refractivity contribution in [1.82, 2.24) is 9.97 Å². The second-order valence-corrected chi connectivity index (χ2v) is 7.18. The maximum atomic E-state index is 10.8. The number of nitro benzene ring substituents is 1. The van der Waals surface area contributed by atoms with Crippen LogP contribution in [-0.4, -0.2) is 41.1 Å². The normalized spacial score (nSPS) is 14.1. The topological polar surface area (TPSA) is 99.2 Å². The van der Waals surface area contributed by atoms with Crippen LogP contribution in [0.1, 0.15) is 16.8 Å². The molecule has 0 radical (unpaired) electrons. The number of hydrogen-bond donors (Lipinski definition) is 0. The van der Waals surface area contributed by atoms with Crippen LogP contribution in [0.4, 0.5) is 17.2 Å². The highest BCUT2D eigenvalue weighted by molar-refractivity contribution is 5.79. The SMILES string of the molecule is Cc1cc2nc(C#N)c(N3CCN(c4ccc([N+](=O)[O-])cc4)CC3)nc2cc1C. The summed E-state index contributed by atoms with van der Waals surface area (Å²) in [5.74, 6) is 0.617. The zero-order valence-corrected chi connectivity index (χ0v) is 16.3. The summed E-state index contributed by atoms with van der Waals surface area (Å²) in [7, 11) is 0. The molecular formula is C21H20N6O2. The Bertz CT molecular complexity index is 1130. The predicted octanol–water partition coefficient (Wildman–Crippen LogP) is 3.35. The lowest BCUT2D eigenvalue weighted by Gasteiger charge is -2.36. The first-order valence-corrected chi connectivity index (χ1v) is 9.39. The van der Waals surface area contributed by atoms with E-state index >= 15 is 0 Å². The molecule has 4 rings (SSSR count). The number of nitriles is 1. The molecule has 0 bridgehead atoms. The van der Waals surface area contributed by atoms with E-state index in [2.05, 4.69) is 20.9 Å². The summed E-state index contributed by atoms with van der Waals surface area (Å²) in [5, 5.41) is 20.4. The number of aryl methyl sites for hydroxylation is 2. The van der Waals surface area contributed by atoms with Gasteiger partial charge in [-0.2, -0.15) is 5.26 Å². The van der Waals surface area contributed by atoms with Gasteiger partial charge in [0.2, 0.25) is 0 Å². The molecule has 0 amide bonds. The zero-order valence-electron chi connectivity index (χ0n) is 16.3. The van der Waals surface area contributed by atoms with E-state index in [9.17, 15) is 15.4 Å². The van der Waals surface area contributed by atoms with Crippen LogP contribution < -0.4 is 9.80 Å². The molecule has 8 heteroatoms. The lowest BCUT2D eigenvalue weighted by molar-refractivity contribution is -0.384. The molecule has 2 heterocycles. The van der Waals surface area contributed by atoms with Crippen molar-refractivity contribution in [2.24, 2.45) is 0 Å². The summed E-state index contributed by atoms with van der Waals surface area (Å²) < 4.78 is 0. The van der Waals surface area contributed by atoms with Gasteiger partial charge in [-0.1, -0.05) is 0 Å². The number of anilines is 2. The van der Waals surface area contributed by atoms with Crippen molar-refractivity contribution in [3.8, 4) is 6.07 Å². The van der Waals surface area contributed by atoms with Crippen LogP contribution in [0.25, 0.3) is 11.0 Å². The average molecular weight is 388 g/mol. The Hall–Kier alpha value is -3.73. The molecule has 3 aromatic rings. The van der Waals surface area contributed by atoms with Gasteiger partial charge in [-0.15, -0.1) is 0 Å². The van der Waals surface area contributed by atoms with Gasteiger partial charge in [-0.05, 0) is 49.2 Å². The molecule has 0 spiro atoms. The van der Waals surface area contributed by atoms with Gasteiger partial charge in [0.25, 0.3) is 5.69 Å². The van der Waals surface area contributed by atoms with E-state index in [0.29, 0.717) is 24.6 Å². The molecule has 1 aliphatic rings. The van der Waals surface area contributed by atoms with Crippen molar-refractivity contribution in [2.75, 3.05) is 36.0 Å². The number of piperazine rings is 1. The third kappa shape index (κ3) is 3.55. The van der Waals surface area contributed by atoms with Crippen molar-refractivity contribution in [3.05, 3.63) is 63.3 Å². The fraction of sp³-hybridized carbons (Fsp3) is 0.286. The minimum Gasteiger partial charge on any atom is -0.368 e. The minimum absolute atomic E-state index is 0.0861. The number of rotatable bonds is 3. The van der Waals surface area contributed by atoms with Gasteiger partial charge < -0.3 is 9.80 Å². The lowest BCUT2D eigenvalue weighted by atomic mass is 10.1. The molecule has 2 aromatic carbocycles. The summed E-state index contributed by atoms with van der Waals surface area (Å²) in [6, 6.07) is 12.8. The van der Waals surface area contributed by atoms with E-state index < -0.39 is 4.92 Å². The smallest absolute Gasteiger partial charge is 0.269 e. The van der Waals surface area contributed by atoms with Gasteiger partial charge in [-0.3, -0.25) is 10.1 Å². The average Bonchev–Trinajstić information content (AvgIpc) is 2.74. The van der Waals surface area contributed by atoms with E-state index in [4.69, 9.17) is 4.98 Å². The van der Waals surface area contributed by atoms with Crippen LogP contribution in [0.15, 0.2) is 36.4 Å². The molecule has 0 N–H and O–H groups in total. The fourth-order valence-corrected chi connectivity index (χ4v) is 3.56. The predicted molar refractivity (Wildman–Crippen MR) is 111 cm³/mol. The van der Waals surface area contributed by atoms with Crippen LogP contribution in [0.2, 0.25) is 0 Å². The Balaban J connectivity index is 1.56. The van der Waals surface area contributed by atoms with Gasteiger partial charge in [0.1, 0.15) is 6.07 Å². The molecule has 1 fully saturated rings. The van der Waals surface area contributed by atoms with Crippen LogP contribution in [0.5, 0.6) is 0 Å². The molecule has 0 atom stereocenters. The molecule has 0 aliphatic carbocycles. The molecule has 29 heavy (non-hydrogen) atoms. The van der Waals surface area contributed by atoms with Crippen LogP contribution in [0, 0.1) is 35.3 Å². The standard InChI is InChI=1S/C21H20N6O2/c1-14-11-18-19(12-15(14)2)24-21(20(13-22)23-18)26-9-7-25(8-10-26)16-3-5-17(6-4-16)27(28)29/h3-6,11-12H,7-10H2,1-2H3. The number of non-ortho nitro benzene ring substituents is 1. The summed E-state index contributed by atoms with van der Waals surface area (Å²) >= 11 is 0. The molecular weight excluding hydrogens is 368 g/mol. The van der Waals surface area contributed by atoms with E-state index in [1.165, 1.54) is 12.1 Å². The van der Waals surface area contributed by atoms with Crippen LogP contribution >= 0.6 is 0 Å². The number of benzene rings is 2. The van der Waals surface area contributed by atoms with Crippen molar-refractivity contribution in [2.45, 2.75) is 13.8 Å². The van der Waals surface area contributed by atoms with Gasteiger partial charge in [0.15, 0.2) is 11.5 Å². The van der Waals surface area contributed by atoms with Gasteiger partial charge in [0, 0.05) is 44.0 Å². The minimum atomic E-state index is -0.396. The number of aromatic nitrogens is 2. The van der Waals surface area contributed by atoms with Crippen LogP contribution in [-0.2, 0) is 0 Å². The quantitative estimate of drug-likeness (QED) is 0.501. The Morgan fingerprint density at radius 2 is 1.52 bits per heavy atom. The molecule has 146 valence electrons. The Morgan fingerprint density at radius 3 is 2.07 bits per heavy atom. The fourth-order valence-electron chi connectivity index (χ4n) is 3.56. The highest BCUT2D eigenvalue weighted by atomic mass is 16.6. The van der Waals surface area contributed by atoms with E-state index in [1.54, 1.807) is 12.1 Å². The lowest BCUT2D eigenvalue weighted by Crippen LogP contribution is -2.47. The van der Waals surface area contributed by atoms with Crippen molar-refractivity contribution in [1.29, 1.82) is 5.26 Å². The summed E-state index contributed by atoms with van der Waals surface area (Å²) in [6.45, 7) is 6.91. The van der Waals surface area contributed by atoms with Crippen molar-refractivity contribution >= 4 is 28.2 Å². The Kier molecular flexibility index (Phi) is 4.72. The maximum Gasteiger partial charge on any atom is 0.269 e. The molecule has 8 nitrogen and oxygen atoms in total. The first-order valence-electron chi connectivity index (χ1n) is 9.39. The Labute approximate surface area is 168 Å². The molecule has 1 aromatic heterocycles. The first-order chi connectivity index (χ1) is 14.0. The van der Waals surface area contributed by atoms with E-state index in [0.717, 1.165) is 40.9 Å². The third-order valence-corrected chi connectivity index (χ3v) is 5.37. The first kappa shape index (κ1) is 18.6. The van der Waals surface area contributed by atoms with Crippen molar-refractivity contribution < 1.29 is 4.92 Å². The number of fused-ring (bicyclic) bond motifs is 1. The third-order valence-electron chi connectivity index (χ3n) is 5.37. The maximum absolute atomic E-state index is 10.8. The monoisotopic (exact) mass is 388 g/mol. The highest BCUT2D eigenvalue weighted by Crippen LogP contribution is 2.26. The number of nitro groups is 1. The highest BCUT2D eigenvalue weighted by Gasteiger charge is 2.22. The molecule has 1 aliphatic heterocycles. The second kappa shape index (κ2) is 7.36. The largest absolute Gasteiger partial charge is 0.368 e. The molecule has 1 saturated heterocycles. The summed E-state index contributed by atoms with van der Waals surface area (Å²) in [4.78, 5) is 24.0. The molecule has 0 unspecified atom stereocenters. The van der Waals surface area contributed by atoms with Gasteiger partial charge >= 0.3 is 0 Å². The van der Waals surface area contributed by atoms with Crippen molar-refractivity contribution in [3.63, 3.8) is 0 Å².